The normalized spacial score (nSPS) is 25.6. The number of hydrogen-bond donors (Lipinski definition) is 1. The first kappa shape index (κ1) is 15.3. The lowest BCUT2D eigenvalue weighted by Gasteiger charge is -2.39. The molecule has 0 aromatic heterocycles. The Kier molecular flexibility index (Phi) is 5.44. The van der Waals surface area contributed by atoms with Crippen molar-refractivity contribution in [2.45, 2.75) is 45.3 Å². The summed E-state index contributed by atoms with van der Waals surface area (Å²) < 4.78 is 5.59. The Hall–Kier alpha value is -1.06. The van der Waals surface area contributed by atoms with Crippen molar-refractivity contribution in [1.82, 2.24) is 4.90 Å². The molecule has 20 heavy (non-hydrogen) atoms. The summed E-state index contributed by atoms with van der Waals surface area (Å²) in [6, 6.07) is 8.14. The fourth-order valence-corrected chi connectivity index (χ4v) is 2.99. The minimum atomic E-state index is 0.342. The molecule has 3 heteroatoms. The van der Waals surface area contributed by atoms with Crippen molar-refractivity contribution < 1.29 is 9.84 Å². The molecule has 0 saturated carbocycles. The predicted molar refractivity (Wildman–Crippen MR) is 82.0 cm³/mol. The number of phenols is 1. The summed E-state index contributed by atoms with van der Waals surface area (Å²) >= 11 is 0. The van der Waals surface area contributed by atoms with E-state index >= 15 is 0 Å². The molecule has 1 aliphatic heterocycles. The van der Waals surface area contributed by atoms with E-state index in [2.05, 4.69) is 18.7 Å². The molecule has 3 unspecified atom stereocenters. The van der Waals surface area contributed by atoms with E-state index in [-0.39, 0.29) is 0 Å². The third kappa shape index (κ3) is 3.97. The zero-order valence-corrected chi connectivity index (χ0v) is 12.9. The molecule has 0 aliphatic carbocycles. The van der Waals surface area contributed by atoms with E-state index in [0.717, 1.165) is 19.4 Å². The lowest BCUT2D eigenvalue weighted by molar-refractivity contribution is -0.0175. The van der Waals surface area contributed by atoms with Crippen LogP contribution in [-0.4, -0.2) is 42.4 Å². The van der Waals surface area contributed by atoms with E-state index < -0.39 is 0 Å². The van der Waals surface area contributed by atoms with Gasteiger partial charge in [-0.15, -0.1) is 0 Å². The van der Waals surface area contributed by atoms with Gasteiger partial charge in [0.25, 0.3) is 0 Å². The van der Waals surface area contributed by atoms with Crippen LogP contribution < -0.4 is 0 Å². The summed E-state index contributed by atoms with van der Waals surface area (Å²) in [4.78, 5) is 2.55. The van der Waals surface area contributed by atoms with Gasteiger partial charge >= 0.3 is 0 Å². The average molecular weight is 277 g/mol. The molecular weight excluding hydrogens is 250 g/mol. The van der Waals surface area contributed by atoms with Crippen LogP contribution in [0.4, 0.5) is 0 Å². The van der Waals surface area contributed by atoms with Crippen molar-refractivity contribution in [2.24, 2.45) is 5.92 Å². The Morgan fingerprint density at radius 3 is 2.70 bits per heavy atom. The van der Waals surface area contributed by atoms with Gasteiger partial charge in [-0.3, -0.25) is 4.90 Å². The summed E-state index contributed by atoms with van der Waals surface area (Å²) in [5, 5.41) is 9.30. The molecule has 0 amide bonds. The summed E-state index contributed by atoms with van der Waals surface area (Å²) in [5.74, 6) is 1.01. The molecule has 1 saturated heterocycles. The molecule has 0 radical (unpaired) electrons. The van der Waals surface area contributed by atoms with Gasteiger partial charge in [0.05, 0.1) is 6.10 Å². The number of nitrogens with zero attached hydrogens (tertiary/aromatic N) is 1. The van der Waals surface area contributed by atoms with Gasteiger partial charge in [0, 0.05) is 19.7 Å². The van der Waals surface area contributed by atoms with Gasteiger partial charge in [0.15, 0.2) is 0 Å². The van der Waals surface area contributed by atoms with E-state index in [1.165, 1.54) is 18.5 Å². The van der Waals surface area contributed by atoms with E-state index in [1.807, 2.05) is 19.2 Å². The summed E-state index contributed by atoms with van der Waals surface area (Å²) in [5.41, 5.74) is 1.29. The number of ether oxygens (including phenoxy) is 1. The largest absolute Gasteiger partial charge is 0.508 e. The summed E-state index contributed by atoms with van der Waals surface area (Å²) in [6.07, 6.45) is 3.81. The van der Waals surface area contributed by atoms with Crippen LogP contribution in [0, 0.1) is 5.92 Å². The van der Waals surface area contributed by atoms with Crippen molar-refractivity contribution in [3.05, 3.63) is 29.8 Å². The van der Waals surface area contributed by atoms with Gasteiger partial charge in [-0.25, -0.2) is 0 Å². The van der Waals surface area contributed by atoms with Crippen LogP contribution in [0.5, 0.6) is 5.75 Å². The Labute approximate surface area is 122 Å². The molecule has 1 N–H and O–H groups in total. The highest BCUT2D eigenvalue weighted by Gasteiger charge is 2.28. The Morgan fingerprint density at radius 1 is 1.35 bits per heavy atom. The van der Waals surface area contributed by atoms with Crippen LogP contribution in [0.1, 0.15) is 32.3 Å². The molecule has 1 aromatic carbocycles. The second-order valence-corrected chi connectivity index (χ2v) is 6.09. The standard InChI is InChI=1S/C17H27NO2/c1-13-10-11-18(12-17(13)20-3)14(2)4-5-15-6-8-16(19)9-7-15/h6-9,13-14,17,19H,4-5,10-12H2,1-3H3. The molecule has 1 fully saturated rings. The average Bonchev–Trinajstić information content (AvgIpc) is 2.47. The quantitative estimate of drug-likeness (QED) is 0.898. The van der Waals surface area contributed by atoms with Crippen LogP contribution in [0.15, 0.2) is 24.3 Å². The highest BCUT2D eigenvalue weighted by Crippen LogP contribution is 2.22. The molecule has 1 aromatic rings. The van der Waals surface area contributed by atoms with E-state index in [9.17, 15) is 5.11 Å². The number of piperidine rings is 1. The molecule has 2 rings (SSSR count). The zero-order chi connectivity index (χ0) is 14.5. The van der Waals surface area contributed by atoms with E-state index in [1.54, 1.807) is 12.1 Å². The second-order valence-electron chi connectivity index (χ2n) is 6.09. The zero-order valence-electron chi connectivity index (χ0n) is 12.9. The second kappa shape index (κ2) is 7.09. The van der Waals surface area contributed by atoms with Crippen LogP contribution >= 0.6 is 0 Å². The summed E-state index contributed by atoms with van der Waals surface area (Å²) in [7, 11) is 1.83. The molecule has 112 valence electrons. The molecule has 1 heterocycles. The van der Waals surface area contributed by atoms with Crippen LogP contribution in [0.25, 0.3) is 0 Å². The first-order valence-corrected chi connectivity index (χ1v) is 7.65. The number of phenolic OH excluding ortho intramolecular Hbond substituents is 1. The monoisotopic (exact) mass is 277 g/mol. The number of hydrogen-bond acceptors (Lipinski definition) is 3. The highest BCUT2D eigenvalue weighted by molar-refractivity contribution is 5.25. The van der Waals surface area contributed by atoms with Crippen molar-refractivity contribution in [3.63, 3.8) is 0 Å². The number of aryl methyl sites for hydroxylation is 1. The van der Waals surface area contributed by atoms with Crippen molar-refractivity contribution in [3.8, 4) is 5.75 Å². The predicted octanol–water partition coefficient (Wildman–Crippen LogP) is 3.07. The van der Waals surface area contributed by atoms with Gasteiger partial charge in [-0.1, -0.05) is 19.1 Å². The topological polar surface area (TPSA) is 32.7 Å². The maximum Gasteiger partial charge on any atom is 0.115 e. The third-order valence-corrected chi connectivity index (χ3v) is 4.63. The molecule has 1 aliphatic rings. The first-order valence-electron chi connectivity index (χ1n) is 7.65. The minimum absolute atomic E-state index is 0.342. The van der Waals surface area contributed by atoms with Crippen LogP contribution in [0.3, 0.4) is 0 Å². The van der Waals surface area contributed by atoms with Crippen LogP contribution in [0.2, 0.25) is 0 Å². The number of aromatic hydroxyl groups is 1. The SMILES string of the molecule is COC1CN(C(C)CCc2ccc(O)cc2)CCC1C. The van der Waals surface area contributed by atoms with E-state index in [0.29, 0.717) is 23.8 Å². The maximum absolute atomic E-state index is 9.30. The van der Waals surface area contributed by atoms with Gasteiger partial charge in [-0.2, -0.15) is 0 Å². The molecule has 3 atom stereocenters. The Bertz CT molecular complexity index is 404. The summed E-state index contributed by atoms with van der Waals surface area (Å²) in [6.45, 7) is 6.82. The molecular formula is C17H27NO2. The number of methoxy groups -OCH3 is 1. The minimum Gasteiger partial charge on any atom is -0.508 e. The lowest BCUT2D eigenvalue weighted by atomic mass is 9.94. The highest BCUT2D eigenvalue weighted by atomic mass is 16.5. The fourth-order valence-electron chi connectivity index (χ4n) is 2.99. The number of benzene rings is 1. The fraction of sp³-hybridized carbons (Fsp3) is 0.647. The van der Waals surface area contributed by atoms with Crippen molar-refractivity contribution >= 4 is 0 Å². The Morgan fingerprint density at radius 2 is 2.05 bits per heavy atom. The molecule has 0 spiro atoms. The first-order chi connectivity index (χ1) is 9.60. The molecule has 3 nitrogen and oxygen atoms in total. The number of likely N-dealkylation sites (tertiary alicyclic amines) is 1. The van der Waals surface area contributed by atoms with Crippen molar-refractivity contribution in [2.75, 3.05) is 20.2 Å². The molecule has 0 bridgehead atoms. The lowest BCUT2D eigenvalue weighted by Crippen LogP contribution is -2.47. The van der Waals surface area contributed by atoms with Crippen LogP contribution in [-0.2, 0) is 11.2 Å². The maximum atomic E-state index is 9.30. The Balaban J connectivity index is 1.82. The van der Waals surface area contributed by atoms with Gasteiger partial charge < -0.3 is 9.84 Å². The van der Waals surface area contributed by atoms with Gasteiger partial charge in [0.1, 0.15) is 5.75 Å². The van der Waals surface area contributed by atoms with E-state index in [4.69, 9.17) is 4.74 Å². The van der Waals surface area contributed by atoms with Gasteiger partial charge in [0.2, 0.25) is 0 Å². The smallest absolute Gasteiger partial charge is 0.115 e. The van der Waals surface area contributed by atoms with Crippen molar-refractivity contribution in [1.29, 1.82) is 0 Å². The third-order valence-electron chi connectivity index (χ3n) is 4.63. The number of rotatable bonds is 5. The van der Waals surface area contributed by atoms with Gasteiger partial charge in [-0.05, 0) is 56.3 Å².